The van der Waals surface area contributed by atoms with E-state index in [1.807, 2.05) is 36.4 Å². The number of methoxy groups -OCH3 is 1. The Labute approximate surface area is 114 Å². The number of hydrogen-bond donors (Lipinski definition) is 1. The van der Waals surface area contributed by atoms with Gasteiger partial charge in [-0.25, -0.2) is 0 Å². The first-order valence-electron chi connectivity index (χ1n) is 6.34. The van der Waals surface area contributed by atoms with Gasteiger partial charge in [0.15, 0.2) is 0 Å². The SMILES string of the molecule is COc1cccc(Oc2ccc(CCN)c(C)c2)c1. The normalized spacial score (nSPS) is 10.3. The Balaban J connectivity index is 2.16. The summed E-state index contributed by atoms with van der Waals surface area (Å²) in [6.07, 6.45) is 0.894. The molecule has 2 rings (SSSR count). The van der Waals surface area contributed by atoms with Crippen molar-refractivity contribution in [2.24, 2.45) is 5.73 Å². The highest BCUT2D eigenvalue weighted by Crippen LogP contribution is 2.26. The van der Waals surface area contributed by atoms with Crippen LogP contribution >= 0.6 is 0 Å². The summed E-state index contributed by atoms with van der Waals surface area (Å²) in [5.41, 5.74) is 8.04. The van der Waals surface area contributed by atoms with Gasteiger partial charge < -0.3 is 15.2 Å². The zero-order valence-corrected chi connectivity index (χ0v) is 11.3. The lowest BCUT2D eigenvalue weighted by molar-refractivity contribution is 0.409. The highest BCUT2D eigenvalue weighted by molar-refractivity contribution is 5.40. The predicted octanol–water partition coefficient (Wildman–Crippen LogP) is 3.30. The van der Waals surface area contributed by atoms with Gasteiger partial charge in [0.05, 0.1) is 7.11 Å². The van der Waals surface area contributed by atoms with Gasteiger partial charge in [0, 0.05) is 6.07 Å². The molecule has 0 atom stereocenters. The van der Waals surface area contributed by atoms with E-state index in [9.17, 15) is 0 Å². The Hall–Kier alpha value is -2.00. The van der Waals surface area contributed by atoms with Crippen LogP contribution in [-0.4, -0.2) is 13.7 Å². The van der Waals surface area contributed by atoms with Gasteiger partial charge in [-0.3, -0.25) is 0 Å². The third kappa shape index (κ3) is 3.48. The van der Waals surface area contributed by atoms with Gasteiger partial charge in [-0.1, -0.05) is 12.1 Å². The minimum Gasteiger partial charge on any atom is -0.497 e. The Morgan fingerprint density at radius 1 is 1.00 bits per heavy atom. The first-order valence-corrected chi connectivity index (χ1v) is 6.34. The highest BCUT2D eigenvalue weighted by atomic mass is 16.5. The monoisotopic (exact) mass is 257 g/mol. The molecule has 2 aromatic rings. The average molecular weight is 257 g/mol. The van der Waals surface area contributed by atoms with Crippen LogP contribution in [0.3, 0.4) is 0 Å². The minimum absolute atomic E-state index is 0.664. The molecule has 2 N–H and O–H groups in total. The summed E-state index contributed by atoms with van der Waals surface area (Å²) in [6.45, 7) is 2.74. The van der Waals surface area contributed by atoms with Gasteiger partial charge in [0.1, 0.15) is 17.2 Å². The van der Waals surface area contributed by atoms with E-state index in [1.165, 1.54) is 11.1 Å². The molecule has 2 aromatic carbocycles. The van der Waals surface area contributed by atoms with Crippen LogP contribution in [0, 0.1) is 6.92 Å². The van der Waals surface area contributed by atoms with E-state index in [-0.39, 0.29) is 0 Å². The van der Waals surface area contributed by atoms with Crippen LogP contribution in [0.15, 0.2) is 42.5 Å². The molecule has 0 aromatic heterocycles. The molecule has 19 heavy (non-hydrogen) atoms. The van der Waals surface area contributed by atoms with E-state index in [4.69, 9.17) is 15.2 Å². The lowest BCUT2D eigenvalue weighted by atomic mass is 10.1. The van der Waals surface area contributed by atoms with Crippen molar-refractivity contribution in [3.63, 3.8) is 0 Å². The van der Waals surface area contributed by atoms with Crippen LogP contribution in [0.25, 0.3) is 0 Å². The molecular formula is C16H19NO2. The molecule has 0 amide bonds. The van der Waals surface area contributed by atoms with Crippen molar-refractivity contribution < 1.29 is 9.47 Å². The van der Waals surface area contributed by atoms with Crippen LogP contribution in [0.5, 0.6) is 17.2 Å². The number of hydrogen-bond acceptors (Lipinski definition) is 3. The molecule has 0 unspecified atom stereocenters. The Kier molecular flexibility index (Phi) is 4.42. The number of aryl methyl sites for hydroxylation is 1. The topological polar surface area (TPSA) is 44.5 Å². The van der Waals surface area contributed by atoms with Gasteiger partial charge in [-0.15, -0.1) is 0 Å². The van der Waals surface area contributed by atoms with Crippen molar-refractivity contribution in [1.29, 1.82) is 0 Å². The van der Waals surface area contributed by atoms with Crippen molar-refractivity contribution in [2.45, 2.75) is 13.3 Å². The van der Waals surface area contributed by atoms with E-state index >= 15 is 0 Å². The molecule has 0 heterocycles. The van der Waals surface area contributed by atoms with Gasteiger partial charge in [0.2, 0.25) is 0 Å². The number of benzene rings is 2. The predicted molar refractivity (Wildman–Crippen MR) is 77.0 cm³/mol. The van der Waals surface area contributed by atoms with Crippen LogP contribution < -0.4 is 15.2 Å². The average Bonchev–Trinajstić information content (AvgIpc) is 2.42. The maximum atomic E-state index is 5.82. The van der Waals surface area contributed by atoms with Crippen molar-refractivity contribution >= 4 is 0 Å². The molecule has 0 fully saturated rings. The maximum absolute atomic E-state index is 5.82. The van der Waals surface area contributed by atoms with Gasteiger partial charge in [-0.05, 0) is 55.3 Å². The van der Waals surface area contributed by atoms with Crippen LogP contribution in [0.1, 0.15) is 11.1 Å². The third-order valence-electron chi connectivity index (χ3n) is 3.00. The zero-order chi connectivity index (χ0) is 13.7. The first-order chi connectivity index (χ1) is 9.22. The Bertz CT molecular complexity index is 552. The molecule has 0 saturated carbocycles. The fraction of sp³-hybridized carbons (Fsp3) is 0.250. The van der Waals surface area contributed by atoms with E-state index in [0.717, 1.165) is 23.7 Å². The van der Waals surface area contributed by atoms with E-state index in [1.54, 1.807) is 7.11 Å². The molecular weight excluding hydrogens is 238 g/mol. The Morgan fingerprint density at radius 3 is 2.42 bits per heavy atom. The van der Waals surface area contributed by atoms with Crippen LogP contribution in [-0.2, 0) is 6.42 Å². The quantitative estimate of drug-likeness (QED) is 0.893. The largest absolute Gasteiger partial charge is 0.497 e. The van der Waals surface area contributed by atoms with Gasteiger partial charge >= 0.3 is 0 Å². The molecule has 3 nitrogen and oxygen atoms in total. The molecule has 0 bridgehead atoms. The second kappa shape index (κ2) is 6.25. The summed E-state index contributed by atoms with van der Waals surface area (Å²) in [5, 5.41) is 0. The summed E-state index contributed by atoms with van der Waals surface area (Å²) in [5.74, 6) is 2.38. The highest BCUT2D eigenvalue weighted by Gasteiger charge is 2.02. The summed E-state index contributed by atoms with van der Waals surface area (Å²) in [6, 6.07) is 13.6. The summed E-state index contributed by atoms with van der Waals surface area (Å²) >= 11 is 0. The summed E-state index contributed by atoms with van der Waals surface area (Å²) in [4.78, 5) is 0. The lowest BCUT2D eigenvalue weighted by Crippen LogP contribution is -2.04. The van der Waals surface area contributed by atoms with Gasteiger partial charge in [0.25, 0.3) is 0 Å². The van der Waals surface area contributed by atoms with Crippen molar-refractivity contribution in [1.82, 2.24) is 0 Å². The second-order valence-electron chi connectivity index (χ2n) is 4.41. The van der Waals surface area contributed by atoms with Gasteiger partial charge in [-0.2, -0.15) is 0 Å². The smallest absolute Gasteiger partial charge is 0.131 e. The zero-order valence-electron chi connectivity index (χ0n) is 11.3. The molecule has 3 heteroatoms. The maximum Gasteiger partial charge on any atom is 0.131 e. The first kappa shape index (κ1) is 13.4. The minimum atomic E-state index is 0.664. The summed E-state index contributed by atoms with van der Waals surface area (Å²) < 4.78 is 11.0. The number of ether oxygens (including phenoxy) is 2. The number of nitrogens with two attached hydrogens (primary N) is 1. The van der Waals surface area contributed by atoms with Crippen molar-refractivity contribution in [3.05, 3.63) is 53.6 Å². The molecule has 0 aliphatic carbocycles. The summed E-state index contributed by atoms with van der Waals surface area (Å²) in [7, 11) is 1.64. The van der Waals surface area contributed by atoms with Crippen LogP contribution in [0.2, 0.25) is 0 Å². The molecule has 0 radical (unpaired) electrons. The van der Waals surface area contributed by atoms with Crippen molar-refractivity contribution in [3.8, 4) is 17.2 Å². The van der Waals surface area contributed by atoms with Crippen LogP contribution in [0.4, 0.5) is 0 Å². The lowest BCUT2D eigenvalue weighted by Gasteiger charge is -2.10. The fourth-order valence-corrected chi connectivity index (χ4v) is 1.97. The molecule has 100 valence electrons. The third-order valence-corrected chi connectivity index (χ3v) is 3.00. The molecule has 0 spiro atoms. The van der Waals surface area contributed by atoms with E-state index < -0.39 is 0 Å². The molecule has 0 aliphatic heterocycles. The molecule has 0 saturated heterocycles. The number of rotatable bonds is 5. The Morgan fingerprint density at radius 2 is 1.74 bits per heavy atom. The molecule has 0 aliphatic rings. The fourth-order valence-electron chi connectivity index (χ4n) is 1.97. The van der Waals surface area contributed by atoms with Crippen molar-refractivity contribution in [2.75, 3.05) is 13.7 Å². The van der Waals surface area contributed by atoms with E-state index in [0.29, 0.717) is 6.54 Å². The standard InChI is InChI=1S/C16H19NO2/c1-12-10-16(7-6-13(12)8-9-17)19-15-5-3-4-14(11-15)18-2/h3-7,10-11H,8-9,17H2,1-2H3. The second-order valence-corrected chi connectivity index (χ2v) is 4.41. The van der Waals surface area contributed by atoms with E-state index in [2.05, 4.69) is 13.0 Å².